The maximum atomic E-state index is 4.92. The summed E-state index contributed by atoms with van der Waals surface area (Å²) in [6.45, 7) is 2.25. The number of hydrogen-bond donors (Lipinski definition) is 0. The third-order valence-electron chi connectivity index (χ3n) is 2.10. The van der Waals surface area contributed by atoms with Crippen LogP contribution in [0.1, 0.15) is 45.4 Å². The van der Waals surface area contributed by atoms with Gasteiger partial charge < -0.3 is 0 Å². The number of nitrogens with zero attached hydrogens (tertiary/aromatic N) is 2. The summed E-state index contributed by atoms with van der Waals surface area (Å²) >= 11 is 6.41. The van der Waals surface area contributed by atoms with Gasteiger partial charge in [0.05, 0.1) is 0 Å². The highest BCUT2D eigenvalue weighted by molar-refractivity contribution is 8.77. The van der Waals surface area contributed by atoms with Crippen molar-refractivity contribution >= 4 is 45.6 Å². The lowest BCUT2D eigenvalue weighted by Crippen LogP contribution is -1.80. The molecule has 2 nitrogen and oxygen atoms in total. The Hall–Kier alpha value is 0.480. The van der Waals surface area contributed by atoms with Crippen molar-refractivity contribution in [1.82, 2.24) is 10.2 Å². The fourth-order valence-corrected chi connectivity index (χ4v) is 4.71. The van der Waals surface area contributed by atoms with Crippen molar-refractivity contribution in [2.75, 3.05) is 5.75 Å². The van der Waals surface area contributed by atoms with Gasteiger partial charge in [0.15, 0.2) is 4.34 Å². The summed E-state index contributed by atoms with van der Waals surface area (Å²) in [6, 6.07) is 0. The summed E-state index contributed by atoms with van der Waals surface area (Å²) in [5.41, 5.74) is 0. The van der Waals surface area contributed by atoms with Crippen molar-refractivity contribution in [3.05, 3.63) is 0 Å². The first-order valence-corrected chi connectivity index (χ1v) is 9.17. The second kappa shape index (κ2) is 9.50. The fraction of sp³-hybridized carbons (Fsp3) is 0.800. The summed E-state index contributed by atoms with van der Waals surface area (Å²) in [7, 11) is 3.57. The van der Waals surface area contributed by atoms with E-state index in [2.05, 4.69) is 17.1 Å². The summed E-state index contributed by atoms with van der Waals surface area (Å²) < 4.78 is 1.63. The molecule has 91 valence electrons. The third-order valence-corrected chi connectivity index (χ3v) is 5.88. The van der Waals surface area contributed by atoms with Crippen LogP contribution < -0.4 is 0 Å². The van der Waals surface area contributed by atoms with Gasteiger partial charge in [0.1, 0.15) is 0 Å². The van der Waals surface area contributed by atoms with E-state index in [0.717, 1.165) is 4.34 Å². The maximum absolute atomic E-state index is 4.92. The second-order valence-electron chi connectivity index (χ2n) is 3.51. The first-order chi connectivity index (χ1) is 7.83. The highest BCUT2D eigenvalue weighted by atomic mass is 33.1. The minimum atomic E-state index is 0.641. The van der Waals surface area contributed by atoms with Crippen LogP contribution in [-0.4, -0.2) is 16.0 Å². The number of aromatic nitrogens is 2. The van der Waals surface area contributed by atoms with E-state index in [4.69, 9.17) is 12.6 Å². The van der Waals surface area contributed by atoms with Gasteiger partial charge in [-0.25, -0.2) is 0 Å². The van der Waals surface area contributed by atoms with Gasteiger partial charge in [0.2, 0.25) is 4.34 Å². The molecule has 1 aromatic rings. The largest absolute Gasteiger partial charge is 0.205 e. The molecule has 0 atom stereocenters. The summed E-state index contributed by atoms with van der Waals surface area (Å²) in [6.07, 6.45) is 8.15. The predicted molar refractivity (Wildman–Crippen MR) is 77.5 cm³/mol. The summed E-state index contributed by atoms with van der Waals surface area (Å²) in [4.78, 5) is 0. The van der Waals surface area contributed by atoms with E-state index in [1.807, 2.05) is 10.8 Å². The normalized spacial score (nSPS) is 10.8. The second-order valence-corrected chi connectivity index (χ2v) is 7.79. The van der Waals surface area contributed by atoms with Crippen molar-refractivity contribution in [2.45, 2.75) is 54.1 Å². The molecule has 0 aliphatic carbocycles. The van der Waals surface area contributed by atoms with Crippen LogP contribution in [0.15, 0.2) is 8.68 Å². The molecule has 0 aliphatic heterocycles. The average Bonchev–Trinajstić information content (AvgIpc) is 2.68. The van der Waals surface area contributed by atoms with Crippen LogP contribution >= 0.6 is 45.6 Å². The molecule has 0 aromatic carbocycles. The lowest BCUT2D eigenvalue weighted by Gasteiger charge is -1.99. The Balaban J connectivity index is 1.88. The van der Waals surface area contributed by atoms with Crippen molar-refractivity contribution in [3.8, 4) is 0 Å². The molecule has 1 rings (SSSR count). The molecule has 0 saturated heterocycles. The average molecular weight is 294 g/mol. The van der Waals surface area contributed by atoms with Gasteiger partial charge >= 0.3 is 0 Å². The highest BCUT2D eigenvalue weighted by Gasteiger charge is 2.02. The first kappa shape index (κ1) is 14.5. The molecule has 0 fully saturated rings. The molecule has 0 N–H and O–H groups in total. The smallest absolute Gasteiger partial charge is 0.130 e. The molecule has 1 aromatic heterocycles. The molecule has 1 radical (unpaired) electrons. The minimum Gasteiger partial charge on any atom is -0.130 e. The monoisotopic (exact) mass is 293 g/mol. The van der Waals surface area contributed by atoms with E-state index in [9.17, 15) is 0 Å². The van der Waals surface area contributed by atoms with Gasteiger partial charge in [-0.1, -0.05) is 61.2 Å². The molecule has 16 heavy (non-hydrogen) atoms. The SMILES string of the molecule is CCCCCCCCSSc1nnc([S])s1. The zero-order chi connectivity index (χ0) is 11.6. The molecule has 0 spiro atoms. The van der Waals surface area contributed by atoms with Gasteiger partial charge in [0, 0.05) is 5.75 Å². The van der Waals surface area contributed by atoms with Crippen LogP contribution in [-0.2, 0) is 0 Å². The number of rotatable bonds is 9. The summed E-state index contributed by atoms with van der Waals surface area (Å²) in [5, 5.41) is 7.80. The molecule has 0 unspecified atom stereocenters. The molecule has 0 aliphatic rings. The fourth-order valence-electron chi connectivity index (χ4n) is 1.26. The van der Waals surface area contributed by atoms with Crippen LogP contribution in [0.25, 0.3) is 0 Å². The quantitative estimate of drug-likeness (QED) is 0.462. The predicted octanol–water partition coefficient (Wildman–Crippen LogP) is 5.20. The third kappa shape index (κ3) is 6.93. The van der Waals surface area contributed by atoms with E-state index in [-0.39, 0.29) is 0 Å². The lowest BCUT2D eigenvalue weighted by atomic mass is 10.1. The van der Waals surface area contributed by atoms with Crippen molar-refractivity contribution in [3.63, 3.8) is 0 Å². The maximum Gasteiger partial charge on any atom is 0.205 e. The topological polar surface area (TPSA) is 25.8 Å². The first-order valence-electron chi connectivity index (χ1n) is 5.63. The molecule has 0 bridgehead atoms. The molecule has 0 amide bonds. The van der Waals surface area contributed by atoms with Crippen LogP contribution in [0.4, 0.5) is 0 Å². The van der Waals surface area contributed by atoms with Crippen molar-refractivity contribution in [1.29, 1.82) is 0 Å². The number of unbranched alkanes of at least 4 members (excludes halogenated alkanes) is 5. The van der Waals surface area contributed by atoms with Gasteiger partial charge in [-0.15, -0.1) is 10.2 Å². The Kier molecular flexibility index (Phi) is 8.64. The van der Waals surface area contributed by atoms with Crippen molar-refractivity contribution in [2.24, 2.45) is 0 Å². The van der Waals surface area contributed by atoms with Crippen LogP contribution in [0.5, 0.6) is 0 Å². The van der Waals surface area contributed by atoms with Crippen molar-refractivity contribution < 1.29 is 0 Å². The van der Waals surface area contributed by atoms with Crippen LogP contribution in [0, 0.1) is 0 Å². The zero-order valence-electron chi connectivity index (χ0n) is 9.48. The Morgan fingerprint density at radius 2 is 1.88 bits per heavy atom. The molecular formula is C10H17N2S4. The standard InChI is InChI=1S/C10H17N2S4/c1-2-3-4-5-6-7-8-14-16-10-12-11-9(13)15-10/h2-8H2,1H3. The molecule has 0 saturated carbocycles. The van der Waals surface area contributed by atoms with Gasteiger partial charge in [-0.05, 0) is 29.8 Å². The Labute approximate surface area is 115 Å². The minimum absolute atomic E-state index is 0.641. The Morgan fingerprint density at radius 3 is 2.56 bits per heavy atom. The van der Waals surface area contributed by atoms with Crippen LogP contribution in [0.2, 0.25) is 0 Å². The van der Waals surface area contributed by atoms with E-state index in [0.29, 0.717) is 4.34 Å². The van der Waals surface area contributed by atoms with E-state index < -0.39 is 0 Å². The molecule has 6 heteroatoms. The Bertz CT molecular complexity index is 278. The summed E-state index contributed by atoms with van der Waals surface area (Å²) in [5.74, 6) is 1.20. The lowest BCUT2D eigenvalue weighted by molar-refractivity contribution is 0.627. The van der Waals surface area contributed by atoms with Gasteiger partial charge in [-0.2, -0.15) is 0 Å². The molecular weight excluding hydrogens is 276 g/mol. The number of hydrogen-bond acceptors (Lipinski definition) is 5. The molecule has 1 heterocycles. The highest BCUT2D eigenvalue weighted by Crippen LogP contribution is 2.34. The van der Waals surface area contributed by atoms with E-state index >= 15 is 0 Å². The van der Waals surface area contributed by atoms with Gasteiger partial charge in [-0.3, -0.25) is 0 Å². The van der Waals surface area contributed by atoms with Crippen LogP contribution in [0.3, 0.4) is 0 Å². The van der Waals surface area contributed by atoms with Gasteiger partial charge in [0.25, 0.3) is 0 Å². The van der Waals surface area contributed by atoms with E-state index in [1.54, 1.807) is 10.8 Å². The van der Waals surface area contributed by atoms with E-state index in [1.165, 1.54) is 55.6 Å². The Morgan fingerprint density at radius 1 is 1.12 bits per heavy atom. The zero-order valence-corrected chi connectivity index (χ0v) is 12.7.